The minimum atomic E-state index is 0.199. The molecule has 0 bridgehead atoms. The number of aromatic hydroxyl groups is 1. The van der Waals surface area contributed by atoms with Crippen LogP contribution in [0.1, 0.15) is 50.8 Å². The van der Waals surface area contributed by atoms with Gasteiger partial charge in [0.15, 0.2) is 11.5 Å². The van der Waals surface area contributed by atoms with E-state index >= 15 is 0 Å². The normalized spacial score (nSPS) is 12.5. The first-order valence-corrected chi connectivity index (χ1v) is 9.87. The van der Waals surface area contributed by atoms with Crippen molar-refractivity contribution in [2.75, 3.05) is 6.61 Å². The van der Waals surface area contributed by atoms with Crippen molar-refractivity contribution in [3.05, 3.63) is 88.5 Å². The van der Waals surface area contributed by atoms with Crippen LogP contribution >= 0.6 is 0 Å². The zero-order valence-electron chi connectivity index (χ0n) is 17.8. The molecular formula is C26H32O2. The minimum Gasteiger partial charge on any atom is -0.504 e. The smallest absolute Gasteiger partial charge is 0.160 e. The van der Waals surface area contributed by atoms with Gasteiger partial charge < -0.3 is 9.84 Å². The Labute approximate surface area is 169 Å². The zero-order chi connectivity index (χ0) is 20.7. The fraction of sp³-hybridized carbons (Fsp3) is 0.308. The third kappa shape index (κ3) is 5.88. The SMILES string of the molecule is C=C(CCc1ccc(OCC)c(O)c1)/C(C)=C(C)/C=C(\C)c1cccc(C)c1. The lowest BCUT2D eigenvalue weighted by Gasteiger charge is -2.11. The molecule has 0 saturated heterocycles. The highest BCUT2D eigenvalue weighted by molar-refractivity contribution is 5.67. The summed E-state index contributed by atoms with van der Waals surface area (Å²) in [5.74, 6) is 0.735. The molecule has 0 aromatic heterocycles. The first kappa shape index (κ1) is 21.6. The maximum absolute atomic E-state index is 10.0. The van der Waals surface area contributed by atoms with E-state index in [4.69, 9.17) is 4.74 Å². The van der Waals surface area contributed by atoms with Gasteiger partial charge in [0.05, 0.1) is 6.61 Å². The fourth-order valence-corrected chi connectivity index (χ4v) is 3.16. The number of hydrogen-bond donors (Lipinski definition) is 1. The number of ether oxygens (including phenoxy) is 1. The largest absolute Gasteiger partial charge is 0.504 e. The van der Waals surface area contributed by atoms with E-state index in [9.17, 15) is 5.11 Å². The van der Waals surface area contributed by atoms with E-state index in [2.05, 4.69) is 64.6 Å². The van der Waals surface area contributed by atoms with Crippen molar-refractivity contribution in [2.45, 2.75) is 47.5 Å². The topological polar surface area (TPSA) is 29.5 Å². The third-order valence-corrected chi connectivity index (χ3v) is 5.07. The van der Waals surface area contributed by atoms with Crippen LogP contribution in [0.4, 0.5) is 0 Å². The second kappa shape index (κ2) is 9.98. The lowest BCUT2D eigenvalue weighted by molar-refractivity contribution is 0.318. The first-order chi connectivity index (χ1) is 13.3. The summed E-state index contributed by atoms with van der Waals surface area (Å²) in [7, 11) is 0. The molecule has 148 valence electrons. The van der Waals surface area contributed by atoms with Gasteiger partial charge in [-0.3, -0.25) is 0 Å². The van der Waals surface area contributed by atoms with Gasteiger partial charge in [0.2, 0.25) is 0 Å². The number of phenols is 1. The van der Waals surface area contributed by atoms with Gasteiger partial charge in [-0.1, -0.05) is 54.1 Å². The van der Waals surface area contributed by atoms with Crippen LogP contribution in [0, 0.1) is 6.92 Å². The molecule has 1 N–H and O–H groups in total. The van der Waals surface area contributed by atoms with Gasteiger partial charge in [-0.25, -0.2) is 0 Å². The summed E-state index contributed by atoms with van der Waals surface area (Å²) in [5, 5.41) is 10.0. The van der Waals surface area contributed by atoms with E-state index in [0.29, 0.717) is 12.4 Å². The Balaban J connectivity index is 2.06. The Morgan fingerprint density at radius 2 is 1.86 bits per heavy atom. The number of aryl methyl sites for hydroxylation is 2. The van der Waals surface area contributed by atoms with Crippen molar-refractivity contribution in [2.24, 2.45) is 0 Å². The zero-order valence-corrected chi connectivity index (χ0v) is 17.8. The summed E-state index contributed by atoms with van der Waals surface area (Å²) in [5.41, 5.74) is 8.44. The monoisotopic (exact) mass is 376 g/mol. The molecule has 0 fully saturated rings. The first-order valence-electron chi connectivity index (χ1n) is 9.87. The van der Waals surface area contributed by atoms with E-state index in [0.717, 1.165) is 24.0 Å². The Morgan fingerprint density at radius 3 is 2.50 bits per heavy atom. The highest BCUT2D eigenvalue weighted by Crippen LogP contribution is 2.28. The fourth-order valence-electron chi connectivity index (χ4n) is 3.16. The van der Waals surface area contributed by atoms with Gasteiger partial charge in [-0.15, -0.1) is 0 Å². The second-order valence-corrected chi connectivity index (χ2v) is 7.34. The molecule has 0 amide bonds. The molecule has 0 atom stereocenters. The molecule has 2 nitrogen and oxygen atoms in total. The highest BCUT2D eigenvalue weighted by Gasteiger charge is 2.06. The van der Waals surface area contributed by atoms with Crippen LogP contribution in [-0.4, -0.2) is 11.7 Å². The molecule has 0 saturated carbocycles. The van der Waals surface area contributed by atoms with Crippen molar-refractivity contribution < 1.29 is 9.84 Å². The molecule has 0 aliphatic heterocycles. The lowest BCUT2D eigenvalue weighted by Crippen LogP contribution is -1.95. The molecule has 0 aliphatic rings. The van der Waals surface area contributed by atoms with Gasteiger partial charge in [-0.05, 0) is 87.4 Å². The maximum Gasteiger partial charge on any atom is 0.160 e. The van der Waals surface area contributed by atoms with Gasteiger partial charge in [0, 0.05) is 0 Å². The third-order valence-electron chi connectivity index (χ3n) is 5.07. The van der Waals surface area contributed by atoms with E-state index in [-0.39, 0.29) is 5.75 Å². The van der Waals surface area contributed by atoms with Crippen molar-refractivity contribution in [3.63, 3.8) is 0 Å². The summed E-state index contributed by atoms with van der Waals surface area (Å²) >= 11 is 0. The van der Waals surface area contributed by atoms with Crippen molar-refractivity contribution in [1.82, 2.24) is 0 Å². The van der Waals surface area contributed by atoms with Crippen LogP contribution < -0.4 is 4.74 Å². The Kier molecular flexibility index (Phi) is 7.69. The molecule has 0 aliphatic carbocycles. The Bertz CT molecular complexity index is 900. The average Bonchev–Trinajstić information content (AvgIpc) is 2.67. The summed E-state index contributed by atoms with van der Waals surface area (Å²) in [4.78, 5) is 0. The second-order valence-electron chi connectivity index (χ2n) is 7.34. The number of benzene rings is 2. The van der Waals surface area contributed by atoms with Crippen LogP contribution in [-0.2, 0) is 6.42 Å². The van der Waals surface area contributed by atoms with Crippen LogP contribution in [0.3, 0.4) is 0 Å². The van der Waals surface area contributed by atoms with Gasteiger partial charge >= 0.3 is 0 Å². The van der Waals surface area contributed by atoms with Crippen LogP contribution in [0.2, 0.25) is 0 Å². The number of rotatable bonds is 8. The van der Waals surface area contributed by atoms with Crippen LogP contribution in [0.25, 0.3) is 5.57 Å². The quantitative estimate of drug-likeness (QED) is 0.501. The Morgan fingerprint density at radius 1 is 1.11 bits per heavy atom. The number of allylic oxidation sites excluding steroid dienone is 5. The van der Waals surface area contributed by atoms with E-state index in [1.165, 1.54) is 27.8 Å². The molecule has 0 radical (unpaired) electrons. The molecule has 2 aromatic rings. The summed E-state index contributed by atoms with van der Waals surface area (Å²) in [6.45, 7) is 15.3. The predicted octanol–water partition coefficient (Wildman–Crippen LogP) is 7.03. The highest BCUT2D eigenvalue weighted by atomic mass is 16.5. The standard InChI is InChI=1S/C26H32O2/c1-7-28-26-14-13-23(17-25(26)27)12-11-19(3)22(6)20(4)16-21(5)24-10-8-9-18(2)15-24/h8-10,13-17,27H,3,7,11-12H2,1-2,4-6H3/b21-16+,22-20+. The molecule has 0 unspecified atom stereocenters. The average molecular weight is 377 g/mol. The predicted molar refractivity (Wildman–Crippen MR) is 120 cm³/mol. The van der Waals surface area contributed by atoms with E-state index < -0.39 is 0 Å². The molecular weight excluding hydrogens is 344 g/mol. The molecule has 0 spiro atoms. The molecule has 0 heterocycles. The molecule has 2 aromatic carbocycles. The van der Waals surface area contributed by atoms with Crippen molar-refractivity contribution in [3.8, 4) is 11.5 Å². The van der Waals surface area contributed by atoms with Crippen LogP contribution in [0.5, 0.6) is 11.5 Å². The number of hydrogen-bond acceptors (Lipinski definition) is 2. The van der Waals surface area contributed by atoms with E-state index in [1.54, 1.807) is 6.07 Å². The van der Waals surface area contributed by atoms with Gasteiger partial charge in [0.1, 0.15) is 0 Å². The molecule has 2 heteroatoms. The van der Waals surface area contributed by atoms with E-state index in [1.807, 2.05) is 19.1 Å². The van der Waals surface area contributed by atoms with Crippen LogP contribution in [0.15, 0.2) is 71.8 Å². The minimum absolute atomic E-state index is 0.199. The Hall–Kier alpha value is -2.74. The lowest BCUT2D eigenvalue weighted by atomic mass is 9.95. The van der Waals surface area contributed by atoms with Crippen molar-refractivity contribution in [1.29, 1.82) is 0 Å². The summed E-state index contributed by atoms with van der Waals surface area (Å²) < 4.78 is 5.39. The summed E-state index contributed by atoms with van der Waals surface area (Å²) in [6.07, 6.45) is 3.93. The maximum atomic E-state index is 10.0. The van der Waals surface area contributed by atoms with Gasteiger partial charge in [-0.2, -0.15) is 0 Å². The van der Waals surface area contributed by atoms with Gasteiger partial charge in [0.25, 0.3) is 0 Å². The molecule has 2 rings (SSSR count). The molecule has 28 heavy (non-hydrogen) atoms. The summed E-state index contributed by atoms with van der Waals surface area (Å²) in [6, 6.07) is 14.2. The van der Waals surface area contributed by atoms with Crippen molar-refractivity contribution >= 4 is 5.57 Å². The number of phenolic OH excluding ortho intramolecular Hbond substituents is 1.